The number of amidine groups is 1. The molecule has 1 atom stereocenters. The fraction of sp³-hybridized carbons (Fsp3) is 0.231. The Bertz CT molecular complexity index is 534. The number of benzene rings is 1. The molecule has 4 nitrogen and oxygen atoms in total. The van der Waals surface area contributed by atoms with Crippen molar-refractivity contribution < 1.29 is 4.74 Å². The van der Waals surface area contributed by atoms with E-state index in [2.05, 4.69) is 4.98 Å². The molecule has 4 heteroatoms. The molecule has 0 saturated carbocycles. The Hall–Kier alpha value is -2.10. The van der Waals surface area contributed by atoms with Crippen LogP contribution in [0.4, 0.5) is 0 Å². The molecule has 17 heavy (non-hydrogen) atoms. The van der Waals surface area contributed by atoms with Crippen molar-refractivity contribution in [2.24, 2.45) is 11.7 Å². The van der Waals surface area contributed by atoms with Gasteiger partial charge in [0.2, 0.25) is 0 Å². The molecule has 88 valence electrons. The summed E-state index contributed by atoms with van der Waals surface area (Å²) in [4.78, 5) is 4.29. The Balaban J connectivity index is 2.21. The van der Waals surface area contributed by atoms with Gasteiger partial charge in [0.1, 0.15) is 11.3 Å². The van der Waals surface area contributed by atoms with Gasteiger partial charge < -0.3 is 10.5 Å². The van der Waals surface area contributed by atoms with Gasteiger partial charge in [0.15, 0.2) is 0 Å². The van der Waals surface area contributed by atoms with Crippen LogP contribution in [0.1, 0.15) is 6.92 Å². The van der Waals surface area contributed by atoms with Crippen LogP contribution in [0.25, 0.3) is 10.9 Å². The van der Waals surface area contributed by atoms with E-state index in [0.29, 0.717) is 6.61 Å². The molecular weight excluding hydrogens is 214 g/mol. The Morgan fingerprint density at radius 3 is 2.94 bits per heavy atom. The van der Waals surface area contributed by atoms with Crippen molar-refractivity contribution in [1.29, 1.82) is 5.41 Å². The summed E-state index contributed by atoms with van der Waals surface area (Å²) in [6.07, 6.45) is 1.74. The summed E-state index contributed by atoms with van der Waals surface area (Å²) in [5.41, 5.74) is 6.24. The number of aromatic nitrogens is 1. The van der Waals surface area contributed by atoms with Crippen molar-refractivity contribution in [3.63, 3.8) is 0 Å². The second kappa shape index (κ2) is 4.82. The highest BCUT2D eigenvalue weighted by molar-refractivity contribution is 5.84. The van der Waals surface area contributed by atoms with Gasteiger partial charge in [0.25, 0.3) is 0 Å². The van der Waals surface area contributed by atoms with Gasteiger partial charge in [-0.05, 0) is 12.1 Å². The molecule has 0 bridgehead atoms. The summed E-state index contributed by atoms with van der Waals surface area (Å²) >= 11 is 0. The largest absolute Gasteiger partial charge is 0.491 e. The van der Waals surface area contributed by atoms with Gasteiger partial charge in [-0.15, -0.1) is 0 Å². The van der Waals surface area contributed by atoms with E-state index in [4.69, 9.17) is 15.9 Å². The van der Waals surface area contributed by atoms with Gasteiger partial charge in [-0.1, -0.05) is 25.1 Å². The van der Waals surface area contributed by atoms with E-state index < -0.39 is 0 Å². The summed E-state index contributed by atoms with van der Waals surface area (Å²) in [7, 11) is 0. The molecule has 0 aliphatic rings. The summed E-state index contributed by atoms with van der Waals surface area (Å²) in [6, 6.07) is 9.68. The summed E-state index contributed by atoms with van der Waals surface area (Å²) in [6.45, 7) is 2.26. The first-order chi connectivity index (χ1) is 8.18. The minimum atomic E-state index is -0.0889. The average molecular weight is 229 g/mol. The smallest absolute Gasteiger partial charge is 0.145 e. The molecule has 1 aromatic heterocycles. The lowest BCUT2D eigenvalue weighted by Crippen LogP contribution is -2.25. The van der Waals surface area contributed by atoms with E-state index in [9.17, 15) is 0 Å². The fourth-order valence-corrected chi connectivity index (χ4v) is 1.50. The molecule has 1 unspecified atom stereocenters. The monoisotopic (exact) mass is 229 g/mol. The number of pyridine rings is 1. The van der Waals surface area contributed by atoms with Crippen molar-refractivity contribution in [2.75, 3.05) is 6.61 Å². The number of rotatable bonds is 4. The number of nitrogens with two attached hydrogens (primary N) is 1. The minimum Gasteiger partial charge on any atom is -0.491 e. The number of hydrogen-bond donors (Lipinski definition) is 2. The lowest BCUT2D eigenvalue weighted by molar-refractivity contribution is 0.294. The molecule has 0 radical (unpaired) electrons. The lowest BCUT2D eigenvalue weighted by Gasteiger charge is -2.12. The molecule has 1 aromatic carbocycles. The summed E-state index contributed by atoms with van der Waals surface area (Å²) in [5, 5.41) is 8.35. The van der Waals surface area contributed by atoms with Crippen LogP contribution in [0, 0.1) is 11.3 Å². The molecule has 2 rings (SSSR count). The SMILES string of the molecule is CC(COc1cccc2cccnc12)C(=N)N. The molecule has 0 spiro atoms. The van der Waals surface area contributed by atoms with Crippen molar-refractivity contribution in [2.45, 2.75) is 6.92 Å². The van der Waals surface area contributed by atoms with Gasteiger partial charge in [-0.3, -0.25) is 10.4 Å². The quantitative estimate of drug-likeness (QED) is 0.623. The van der Waals surface area contributed by atoms with E-state index in [0.717, 1.165) is 16.7 Å². The number of nitrogens with zero attached hydrogens (tertiary/aromatic N) is 1. The third kappa shape index (κ3) is 2.53. The highest BCUT2D eigenvalue weighted by Crippen LogP contribution is 2.23. The van der Waals surface area contributed by atoms with Crippen molar-refractivity contribution in [3.05, 3.63) is 36.5 Å². The Labute approximate surface area is 99.9 Å². The zero-order chi connectivity index (χ0) is 12.3. The zero-order valence-corrected chi connectivity index (χ0v) is 9.68. The Kier molecular flexibility index (Phi) is 3.23. The fourth-order valence-electron chi connectivity index (χ4n) is 1.50. The van der Waals surface area contributed by atoms with Crippen molar-refractivity contribution >= 4 is 16.7 Å². The number of hydrogen-bond acceptors (Lipinski definition) is 3. The standard InChI is InChI=1S/C13H15N3O/c1-9(13(14)15)8-17-11-6-2-4-10-5-3-7-16-12(10)11/h2-7,9H,8H2,1H3,(H3,14,15). The van der Waals surface area contributed by atoms with Crippen molar-refractivity contribution in [3.8, 4) is 5.75 Å². The molecule has 0 saturated heterocycles. The number of fused-ring (bicyclic) bond motifs is 1. The van der Waals surface area contributed by atoms with Gasteiger partial charge in [-0.2, -0.15) is 0 Å². The molecule has 1 heterocycles. The van der Waals surface area contributed by atoms with Gasteiger partial charge in [0.05, 0.1) is 12.4 Å². The van der Waals surface area contributed by atoms with Crippen molar-refractivity contribution in [1.82, 2.24) is 4.98 Å². The van der Waals surface area contributed by atoms with E-state index >= 15 is 0 Å². The van der Waals surface area contributed by atoms with Crippen LogP contribution < -0.4 is 10.5 Å². The van der Waals surface area contributed by atoms with Crippen LogP contribution in [-0.2, 0) is 0 Å². The molecular formula is C13H15N3O. The zero-order valence-electron chi connectivity index (χ0n) is 9.68. The molecule has 0 aliphatic carbocycles. The number of ether oxygens (including phenoxy) is 1. The topological polar surface area (TPSA) is 72.0 Å². The van der Waals surface area contributed by atoms with Crippen LogP contribution in [0.2, 0.25) is 0 Å². The van der Waals surface area contributed by atoms with Gasteiger partial charge in [0, 0.05) is 17.5 Å². The molecule has 0 fully saturated rings. The van der Waals surface area contributed by atoms with E-state index in [-0.39, 0.29) is 11.8 Å². The minimum absolute atomic E-state index is 0.0889. The first-order valence-electron chi connectivity index (χ1n) is 5.49. The van der Waals surface area contributed by atoms with E-state index in [1.165, 1.54) is 0 Å². The number of nitrogens with one attached hydrogen (secondary N) is 1. The highest BCUT2D eigenvalue weighted by Gasteiger charge is 2.08. The van der Waals surface area contributed by atoms with Crippen LogP contribution in [-0.4, -0.2) is 17.4 Å². The number of para-hydroxylation sites is 1. The third-order valence-corrected chi connectivity index (χ3v) is 2.62. The lowest BCUT2D eigenvalue weighted by atomic mass is 10.2. The highest BCUT2D eigenvalue weighted by atomic mass is 16.5. The molecule has 2 aromatic rings. The molecule has 0 amide bonds. The van der Waals surface area contributed by atoms with Crippen LogP contribution >= 0.6 is 0 Å². The molecule has 0 aliphatic heterocycles. The van der Waals surface area contributed by atoms with Crippen LogP contribution in [0.3, 0.4) is 0 Å². The Morgan fingerprint density at radius 1 is 1.41 bits per heavy atom. The third-order valence-electron chi connectivity index (χ3n) is 2.62. The maximum Gasteiger partial charge on any atom is 0.145 e. The Morgan fingerprint density at radius 2 is 2.18 bits per heavy atom. The van der Waals surface area contributed by atoms with E-state index in [1.807, 2.05) is 37.3 Å². The van der Waals surface area contributed by atoms with Crippen LogP contribution in [0.15, 0.2) is 36.5 Å². The average Bonchev–Trinajstić information content (AvgIpc) is 2.35. The van der Waals surface area contributed by atoms with Gasteiger partial charge in [-0.25, -0.2) is 0 Å². The van der Waals surface area contributed by atoms with Gasteiger partial charge >= 0.3 is 0 Å². The normalized spacial score (nSPS) is 12.3. The van der Waals surface area contributed by atoms with Crippen LogP contribution in [0.5, 0.6) is 5.75 Å². The maximum atomic E-state index is 7.31. The first kappa shape index (κ1) is 11.4. The molecule has 3 N–H and O–H groups in total. The predicted octanol–water partition coefficient (Wildman–Crippen LogP) is 2.19. The van der Waals surface area contributed by atoms with E-state index in [1.54, 1.807) is 6.20 Å². The first-order valence-corrected chi connectivity index (χ1v) is 5.49. The maximum absolute atomic E-state index is 7.31. The second-order valence-electron chi connectivity index (χ2n) is 4.00. The second-order valence-corrected chi connectivity index (χ2v) is 4.00. The predicted molar refractivity (Wildman–Crippen MR) is 68.3 cm³/mol. The summed E-state index contributed by atoms with van der Waals surface area (Å²) in [5.74, 6) is 0.781. The summed E-state index contributed by atoms with van der Waals surface area (Å²) < 4.78 is 5.66.